The van der Waals surface area contributed by atoms with Gasteiger partial charge in [-0.25, -0.2) is 0 Å². The highest BCUT2D eigenvalue weighted by Crippen LogP contribution is 2.34. The number of nitrogens with one attached hydrogen (secondary N) is 1. The molecule has 194 valence electrons. The lowest BCUT2D eigenvalue weighted by atomic mass is 9.94. The van der Waals surface area contributed by atoms with Crippen LogP contribution < -0.4 is 19.5 Å². The number of para-hydroxylation sites is 1. The van der Waals surface area contributed by atoms with E-state index in [1.807, 2.05) is 42.5 Å². The Morgan fingerprint density at radius 3 is 2.89 bits per heavy atom. The summed E-state index contributed by atoms with van der Waals surface area (Å²) in [6.45, 7) is 2.44. The molecule has 0 aromatic heterocycles. The zero-order valence-corrected chi connectivity index (χ0v) is 20.6. The van der Waals surface area contributed by atoms with Crippen LogP contribution in [0.2, 0.25) is 0 Å². The first kappa shape index (κ1) is 24.8. The molecule has 4 atom stereocenters. The zero-order valence-electron chi connectivity index (χ0n) is 20.6. The van der Waals surface area contributed by atoms with Gasteiger partial charge in [-0.1, -0.05) is 24.3 Å². The van der Waals surface area contributed by atoms with E-state index in [1.165, 1.54) is 0 Å². The third-order valence-corrected chi connectivity index (χ3v) is 6.99. The Morgan fingerprint density at radius 2 is 2.00 bits per heavy atom. The van der Waals surface area contributed by atoms with Gasteiger partial charge in [-0.2, -0.15) is 0 Å². The van der Waals surface area contributed by atoms with Gasteiger partial charge in [0.15, 0.2) is 11.5 Å². The molecule has 3 heterocycles. The van der Waals surface area contributed by atoms with Crippen LogP contribution in [0.25, 0.3) is 0 Å². The Hall–Kier alpha value is -2.85. The average molecular weight is 499 g/mol. The first-order valence-electron chi connectivity index (χ1n) is 12.5. The number of fused-ring (bicyclic) bond motifs is 2. The van der Waals surface area contributed by atoms with Crippen molar-refractivity contribution in [1.29, 1.82) is 0 Å². The van der Waals surface area contributed by atoms with Crippen LogP contribution in [0.5, 0.6) is 17.2 Å². The average Bonchev–Trinajstić information content (AvgIpc) is 3.34. The first-order chi connectivity index (χ1) is 17.6. The number of aliphatic hydroxyl groups excluding tert-OH is 1. The number of rotatable bonds is 7. The van der Waals surface area contributed by atoms with E-state index in [1.54, 1.807) is 7.11 Å². The van der Waals surface area contributed by atoms with Crippen molar-refractivity contribution in [3.63, 3.8) is 0 Å². The Bertz CT molecular complexity index is 1050. The van der Waals surface area contributed by atoms with E-state index < -0.39 is 6.10 Å². The summed E-state index contributed by atoms with van der Waals surface area (Å²) < 4.78 is 28.5. The Morgan fingerprint density at radius 1 is 1.14 bits per heavy atom. The molecule has 2 fully saturated rings. The number of carbonyl (C=O) groups excluding carboxylic acids is 1. The molecule has 3 aliphatic rings. The second kappa shape index (κ2) is 11.5. The predicted molar refractivity (Wildman–Crippen MR) is 131 cm³/mol. The summed E-state index contributed by atoms with van der Waals surface area (Å²) in [5.41, 5.74) is 2.02. The van der Waals surface area contributed by atoms with Crippen LogP contribution in [0.3, 0.4) is 0 Å². The van der Waals surface area contributed by atoms with Gasteiger partial charge in [0, 0.05) is 31.2 Å². The molecule has 0 spiro atoms. The maximum Gasteiger partial charge on any atom is 0.231 e. The molecular formula is C27H34N2O7. The lowest BCUT2D eigenvalue weighted by molar-refractivity contribution is -0.158. The van der Waals surface area contributed by atoms with Gasteiger partial charge in [-0.15, -0.1) is 0 Å². The third-order valence-electron chi connectivity index (χ3n) is 6.99. The molecule has 3 aliphatic heterocycles. The minimum Gasteiger partial charge on any atom is -0.496 e. The maximum atomic E-state index is 12.7. The number of amides is 1. The number of methoxy groups -OCH3 is 1. The molecule has 2 aromatic rings. The van der Waals surface area contributed by atoms with E-state index in [0.29, 0.717) is 32.7 Å². The second-order valence-electron chi connectivity index (χ2n) is 9.54. The fraction of sp³-hybridized carbons (Fsp3) is 0.519. The van der Waals surface area contributed by atoms with Crippen LogP contribution in [0, 0.1) is 0 Å². The van der Waals surface area contributed by atoms with Gasteiger partial charge in [-0.3, -0.25) is 9.69 Å². The predicted octanol–water partition coefficient (Wildman–Crippen LogP) is 2.24. The summed E-state index contributed by atoms with van der Waals surface area (Å²) in [6, 6.07) is 13.7. The number of nitrogens with zero attached hydrogens (tertiary/aromatic N) is 1. The largest absolute Gasteiger partial charge is 0.496 e. The van der Waals surface area contributed by atoms with E-state index in [2.05, 4.69) is 10.2 Å². The number of carbonyl (C=O) groups is 1. The summed E-state index contributed by atoms with van der Waals surface area (Å²) >= 11 is 0. The molecule has 0 saturated carbocycles. The molecule has 5 rings (SSSR count). The number of benzene rings is 2. The molecule has 1 amide bonds. The van der Waals surface area contributed by atoms with Crippen LogP contribution in [0.15, 0.2) is 42.5 Å². The number of ether oxygens (including phenoxy) is 5. The summed E-state index contributed by atoms with van der Waals surface area (Å²) in [4.78, 5) is 15.0. The molecule has 9 nitrogen and oxygen atoms in total. The molecule has 0 unspecified atom stereocenters. The fourth-order valence-electron chi connectivity index (χ4n) is 5.22. The normalized spacial score (nSPS) is 25.9. The molecule has 9 heteroatoms. The van der Waals surface area contributed by atoms with Crippen LogP contribution >= 0.6 is 0 Å². The van der Waals surface area contributed by atoms with Gasteiger partial charge >= 0.3 is 0 Å². The quantitative estimate of drug-likeness (QED) is 0.600. The van der Waals surface area contributed by atoms with Crippen molar-refractivity contribution >= 4 is 5.91 Å². The minimum atomic E-state index is -0.571. The first-order valence-corrected chi connectivity index (χ1v) is 12.5. The van der Waals surface area contributed by atoms with Gasteiger partial charge in [0.1, 0.15) is 5.75 Å². The Balaban J connectivity index is 1.19. The minimum absolute atomic E-state index is 0.0521. The van der Waals surface area contributed by atoms with Crippen LogP contribution in [0.1, 0.15) is 30.4 Å². The van der Waals surface area contributed by atoms with E-state index in [9.17, 15) is 9.90 Å². The molecule has 36 heavy (non-hydrogen) atoms. The van der Waals surface area contributed by atoms with Crippen molar-refractivity contribution in [3.05, 3.63) is 53.6 Å². The second-order valence-corrected chi connectivity index (χ2v) is 9.54. The molecular weight excluding hydrogens is 464 g/mol. The molecule has 0 radical (unpaired) electrons. The highest BCUT2D eigenvalue weighted by molar-refractivity contribution is 5.76. The van der Waals surface area contributed by atoms with E-state index in [0.717, 1.165) is 41.2 Å². The Kier molecular flexibility index (Phi) is 7.91. The van der Waals surface area contributed by atoms with Crippen LogP contribution in [-0.2, 0) is 27.4 Å². The van der Waals surface area contributed by atoms with Gasteiger partial charge < -0.3 is 34.1 Å². The molecule has 2 saturated heterocycles. The fourth-order valence-corrected chi connectivity index (χ4v) is 5.22. The summed E-state index contributed by atoms with van der Waals surface area (Å²) in [7, 11) is 1.62. The maximum absolute atomic E-state index is 12.7. The lowest BCUT2D eigenvalue weighted by Gasteiger charge is -2.44. The van der Waals surface area contributed by atoms with E-state index in [4.69, 9.17) is 23.7 Å². The zero-order chi connectivity index (χ0) is 24.9. The Labute approximate surface area is 211 Å². The topological polar surface area (TPSA) is 98.7 Å². The van der Waals surface area contributed by atoms with Crippen molar-refractivity contribution in [2.45, 2.75) is 56.7 Å². The molecule has 2 aromatic carbocycles. The van der Waals surface area contributed by atoms with E-state index in [-0.39, 0.29) is 37.6 Å². The van der Waals surface area contributed by atoms with Crippen molar-refractivity contribution in [2.24, 2.45) is 0 Å². The lowest BCUT2D eigenvalue weighted by Crippen LogP contribution is -2.55. The highest BCUT2D eigenvalue weighted by atomic mass is 16.7. The van der Waals surface area contributed by atoms with Gasteiger partial charge in [0.25, 0.3) is 0 Å². The van der Waals surface area contributed by atoms with Crippen LogP contribution in [0.4, 0.5) is 0 Å². The van der Waals surface area contributed by atoms with E-state index >= 15 is 0 Å². The molecule has 0 bridgehead atoms. The van der Waals surface area contributed by atoms with Crippen molar-refractivity contribution < 1.29 is 33.6 Å². The van der Waals surface area contributed by atoms with Crippen molar-refractivity contribution in [3.8, 4) is 17.2 Å². The smallest absolute Gasteiger partial charge is 0.231 e. The SMILES string of the molecule is COc1ccccc1CNC(=O)C[C@@H]1CC[C@H]2[C@@H](COC[C@@H](O)CN2Cc2ccc3c(c2)OCO3)O1. The standard InChI is InChI=1S/C27H34N2O7/c1-32-23-5-3-2-4-19(23)12-28-27(31)11-21-7-8-22-26(36-21)16-33-15-20(30)14-29(22)13-18-6-9-24-25(10-18)35-17-34-24/h2-6,9-10,20-22,26,30H,7-8,11-17H2,1H3,(H,28,31)/t20-,21-,22-,26+/m0/s1. The highest BCUT2D eigenvalue weighted by Gasteiger charge is 2.38. The number of aliphatic hydroxyl groups is 1. The van der Waals surface area contributed by atoms with Gasteiger partial charge in [-0.05, 0) is 36.6 Å². The summed E-state index contributed by atoms with van der Waals surface area (Å²) in [5.74, 6) is 2.21. The van der Waals surface area contributed by atoms with Gasteiger partial charge in [0.05, 0.1) is 45.1 Å². The van der Waals surface area contributed by atoms with Crippen molar-refractivity contribution in [1.82, 2.24) is 10.2 Å². The summed E-state index contributed by atoms with van der Waals surface area (Å²) in [6.07, 6.45) is 0.991. The van der Waals surface area contributed by atoms with Gasteiger partial charge in [0.2, 0.25) is 12.7 Å². The number of hydrogen-bond donors (Lipinski definition) is 2. The van der Waals surface area contributed by atoms with Crippen LogP contribution in [-0.4, -0.2) is 73.9 Å². The molecule has 2 N–H and O–H groups in total. The molecule has 0 aliphatic carbocycles. The van der Waals surface area contributed by atoms with Crippen molar-refractivity contribution in [2.75, 3.05) is 33.7 Å². The monoisotopic (exact) mass is 498 g/mol. The third kappa shape index (κ3) is 5.92. The number of β-amino-alcohol motifs (C(OH)–C–C–N with tert-alkyl or cyclic N) is 1. The number of hydrogen-bond acceptors (Lipinski definition) is 8. The summed E-state index contributed by atoms with van der Waals surface area (Å²) in [5, 5.41) is 13.4.